The highest BCUT2D eigenvalue weighted by Gasteiger charge is 2.40. The van der Waals surface area contributed by atoms with Gasteiger partial charge in [0.15, 0.2) is 0 Å². The molecule has 1 aromatic carbocycles. The molecule has 0 heterocycles. The largest absolute Gasteiger partial charge is 0.354 e. The maximum Gasteiger partial charge on any atom is 0.230 e. The summed E-state index contributed by atoms with van der Waals surface area (Å²) < 4.78 is 0. The van der Waals surface area contributed by atoms with Crippen molar-refractivity contribution >= 4 is 5.91 Å². The molecule has 2 rings (SSSR count). The molecule has 0 atom stereocenters. The molecular formula is C15H22N2O. The molecule has 3 nitrogen and oxygen atoms in total. The molecule has 0 unspecified atom stereocenters. The summed E-state index contributed by atoms with van der Waals surface area (Å²) in [5, 5.41) is 2.98. The van der Waals surface area contributed by atoms with Crippen molar-refractivity contribution in [3.63, 3.8) is 0 Å². The third-order valence-corrected chi connectivity index (χ3v) is 3.90. The monoisotopic (exact) mass is 246 g/mol. The summed E-state index contributed by atoms with van der Waals surface area (Å²) in [5.74, 6) is 0.152. The number of hydrogen-bond donors (Lipinski definition) is 2. The van der Waals surface area contributed by atoms with E-state index in [1.54, 1.807) is 0 Å². The van der Waals surface area contributed by atoms with Crippen molar-refractivity contribution < 1.29 is 4.79 Å². The van der Waals surface area contributed by atoms with Gasteiger partial charge in [-0.15, -0.1) is 0 Å². The zero-order chi connectivity index (χ0) is 12.8. The van der Waals surface area contributed by atoms with Crippen LogP contribution in [0.5, 0.6) is 0 Å². The normalized spacial score (nSPS) is 18.3. The molecule has 3 heteroatoms. The average molecular weight is 246 g/mol. The van der Waals surface area contributed by atoms with Crippen molar-refractivity contribution in [2.75, 3.05) is 13.1 Å². The van der Waals surface area contributed by atoms with Gasteiger partial charge in [0.05, 0.1) is 5.41 Å². The Morgan fingerprint density at radius 3 is 2.44 bits per heavy atom. The topological polar surface area (TPSA) is 55.1 Å². The van der Waals surface area contributed by atoms with Crippen LogP contribution in [-0.4, -0.2) is 19.0 Å². The van der Waals surface area contributed by atoms with Crippen LogP contribution in [0.15, 0.2) is 30.3 Å². The van der Waals surface area contributed by atoms with E-state index in [1.165, 1.54) is 6.42 Å². The molecule has 1 fully saturated rings. The number of nitrogens with one attached hydrogen (secondary N) is 1. The van der Waals surface area contributed by atoms with Crippen molar-refractivity contribution in [1.29, 1.82) is 0 Å². The van der Waals surface area contributed by atoms with Crippen LogP contribution in [0, 0.1) is 0 Å². The van der Waals surface area contributed by atoms with Crippen molar-refractivity contribution in [2.45, 2.75) is 37.5 Å². The number of benzene rings is 1. The molecule has 1 aromatic rings. The number of nitrogens with two attached hydrogens (primary N) is 1. The van der Waals surface area contributed by atoms with E-state index in [4.69, 9.17) is 5.73 Å². The van der Waals surface area contributed by atoms with Crippen LogP contribution >= 0.6 is 0 Å². The van der Waals surface area contributed by atoms with Crippen LogP contribution in [0.1, 0.15) is 37.7 Å². The van der Waals surface area contributed by atoms with Gasteiger partial charge in [0, 0.05) is 13.1 Å². The Bertz CT molecular complexity index is 383. The minimum Gasteiger partial charge on any atom is -0.354 e. The molecule has 3 N–H and O–H groups in total. The zero-order valence-corrected chi connectivity index (χ0v) is 10.8. The van der Waals surface area contributed by atoms with Crippen LogP contribution in [0.3, 0.4) is 0 Å². The van der Waals surface area contributed by atoms with Crippen LogP contribution in [-0.2, 0) is 10.2 Å². The molecule has 0 radical (unpaired) electrons. The number of hydrogen-bond acceptors (Lipinski definition) is 2. The lowest BCUT2D eigenvalue weighted by atomic mass is 9.68. The Hall–Kier alpha value is -1.35. The molecule has 18 heavy (non-hydrogen) atoms. The average Bonchev–Trinajstić information content (AvgIpc) is 2.46. The fourth-order valence-electron chi connectivity index (χ4n) is 2.91. The van der Waals surface area contributed by atoms with Gasteiger partial charge < -0.3 is 11.1 Å². The second-order valence-electron chi connectivity index (χ2n) is 5.05. The van der Waals surface area contributed by atoms with Gasteiger partial charge in [-0.1, -0.05) is 49.6 Å². The highest BCUT2D eigenvalue weighted by Crippen LogP contribution is 2.39. The lowest BCUT2D eigenvalue weighted by Gasteiger charge is -2.36. The van der Waals surface area contributed by atoms with E-state index in [2.05, 4.69) is 17.4 Å². The molecule has 0 bridgehead atoms. The third-order valence-electron chi connectivity index (χ3n) is 3.90. The van der Waals surface area contributed by atoms with Gasteiger partial charge in [-0.05, 0) is 18.4 Å². The summed E-state index contributed by atoms with van der Waals surface area (Å²) >= 11 is 0. The number of carbonyl (C=O) groups excluding carboxylic acids is 1. The predicted octanol–water partition coefficient (Wildman–Crippen LogP) is 1.96. The van der Waals surface area contributed by atoms with Crippen molar-refractivity contribution in [3.8, 4) is 0 Å². The number of rotatable bonds is 4. The molecule has 1 aliphatic rings. The highest BCUT2D eigenvalue weighted by atomic mass is 16.2. The SMILES string of the molecule is NCCNC(=O)C1(c2ccccc2)CCCCC1. The minimum absolute atomic E-state index is 0.152. The summed E-state index contributed by atoms with van der Waals surface area (Å²) in [4.78, 5) is 12.5. The Morgan fingerprint density at radius 2 is 1.83 bits per heavy atom. The first-order valence-corrected chi connectivity index (χ1v) is 6.83. The molecule has 0 spiro atoms. The van der Waals surface area contributed by atoms with Gasteiger partial charge in [0.25, 0.3) is 0 Å². The lowest BCUT2D eigenvalue weighted by Crippen LogP contribution is -2.47. The van der Waals surface area contributed by atoms with Gasteiger partial charge in [-0.25, -0.2) is 0 Å². The maximum absolute atomic E-state index is 12.5. The molecule has 1 aliphatic carbocycles. The Morgan fingerprint density at radius 1 is 1.17 bits per heavy atom. The molecule has 1 amide bonds. The standard InChI is InChI=1S/C15H22N2O/c16-11-12-17-14(18)15(9-5-2-6-10-15)13-7-3-1-4-8-13/h1,3-4,7-8H,2,5-6,9-12,16H2,(H,17,18). The molecule has 0 saturated heterocycles. The number of carbonyl (C=O) groups is 1. The van der Waals surface area contributed by atoms with Crippen molar-refractivity contribution in [3.05, 3.63) is 35.9 Å². The van der Waals surface area contributed by atoms with Gasteiger partial charge in [0.2, 0.25) is 5.91 Å². The second kappa shape index (κ2) is 6.01. The first-order chi connectivity index (χ1) is 8.79. The van der Waals surface area contributed by atoms with Crippen molar-refractivity contribution in [2.24, 2.45) is 5.73 Å². The summed E-state index contributed by atoms with van der Waals surface area (Å²) in [5.41, 5.74) is 6.30. The van der Waals surface area contributed by atoms with Crippen LogP contribution in [0.25, 0.3) is 0 Å². The molecular weight excluding hydrogens is 224 g/mol. The van der Waals surface area contributed by atoms with E-state index in [9.17, 15) is 4.79 Å². The van der Waals surface area contributed by atoms with E-state index in [1.807, 2.05) is 18.2 Å². The van der Waals surface area contributed by atoms with Gasteiger partial charge in [-0.3, -0.25) is 4.79 Å². The van der Waals surface area contributed by atoms with E-state index in [0.29, 0.717) is 13.1 Å². The van der Waals surface area contributed by atoms with Gasteiger partial charge in [-0.2, -0.15) is 0 Å². The summed E-state index contributed by atoms with van der Waals surface area (Å²) in [6.45, 7) is 1.06. The van der Waals surface area contributed by atoms with Gasteiger partial charge >= 0.3 is 0 Å². The van der Waals surface area contributed by atoms with E-state index < -0.39 is 0 Å². The zero-order valence-electron chi connectivity index (χ0n) is 10.8. The predicted molar refractivity (Wildman–Crippen MR) is 73.3 cm³/mol. The molecule has 0 aliphatic heterocycles. The molecule has 0 aromatic heterocycles. The Balaban J connectivity index is 2.25. The van der Waals surface area contributed by atoms with Gasteiger partial charge in [0.1, 0.15) is 0 Å². The van der Waals surface area contributed by atoms with Crippen LogP contribution in [0.4, 0.5) is 0 Å². The Kier molecular flexibility index (Phi) is 4.37. The smallest absolute Gasteiger partial charge is 0.230 e. The number of amides is 1. The van der Waals surface area contributed by atoms with Crippen molar-refractivity contribution in [1.82, 2.24) is 5.32 Å². The van der Waals surface area contributed by atoms with Crippen LogP contribution < -0.4 is 11.1 Å². The minimum atomic E-state index is -0.325. The summed E-state index contributed by atoms with van der Waals surface area (Å²) in [7, 11) is 0. The fraction of sp³-hybridized carbons (Fsp3) is 0.533. The third kappa shape index (κ3) is 2.56. The summed E-state index contributed by atoms with van der Waals surface area (Å²) in [6, 6.07) is 10.2. The lowest BCUT2D eigenvalue weighted by molar-refractivity contribution is -0.128. The Labute approximate surface area is 109 Å². The molecule has 1 saturated carbocycles. The first-order valence-electron chi connectivity index (χ1n) is 6.83. The first kappa shape index (κ1) is 13.1. The van der Waals surface area contributed by atoms with E-state index in [-0.39, 0.29) is 11.3 Å². The summed E-state index contributed by atoms with van der Waals surface area (Å²) in [6.07, 6.45) is 5.40. The van der Waals surface area contributed by atoms with E-state index in [0.717, 1.165) is 31.2 Å². The maximum atomic E-state index is 12.5. The highest BCUT2D eigenvalue weighted by molar-refractivity contribution is 5.88. The fourth-order valence-corrected chi connectivity index (χ4v) is 2.91. The second-order valence-corrected chi connectivity index (χ2v) is 5.05. The van der Waals surface area contributed by atoms with E-state index >= 15 is 0 Å². The van der Waals surface area contributed by atoms with Crippen LogP contribution in [0.2, 0.25) is 0 Å². The molecule has 98 valence electrons. The quantitative estimate of drug-likeness (QED) is 0.853.